The van der Waals surface area contributed by atoms with Gasteiger partial charge >= 0.3 is 0 Å². The minimum atomic E-state index is -3.07. The summed E-state index contributed by atoms with van der Waals surface area (Å²) >= 11 is 0. The summed E-state index contributed by atoms with van der Waals surface area (Å²) in [7, 11) is -3.07. The smallest absolute Gasteiger partial charge is 0.221 e. The number of hydrogen-bond acceptors (Lipinski definition) is 4. The number of piperidine rings is 1. The SMILES string of the molecule is CCNC(=O)CCNCC1CCCN(S(C)(=O)=O)C1. The van der Waals surface area contributed by atoms with Crippen molar-refractivity contribution in [1.82, 2.24) is 14.9 Å². The van der Waals surface area contributed by atoms with Crippen LogP contribution in [0.5, 0.6) is 0 Å². The predicted octanol–water partition coefficient (Wildman–Crippen LogP) is -0.226. The van der Waals surface area contributed by atoms with Crippen LogP contribution in [-0.2, 0) is 14.8 Å². The van der Waals surface area contributed by atoms with E-state index in [9.17, 15) is 13.2 Å². The third-order valence-corrected chi connectivity index (χ3v) is 4.56. The second-order valence-electron chi connectivity index (χ2n) is 5.04. The molecule has 7 heteroatoms. The highest BCUT2D eigenvalue weighted by Crippen LogP contribution is 2.17. The van der Waals surface area contributed by atoms with E-state index in [0.717, 1.165) is 19.4 Å². The lowest BCUT2D eigenvalue weighted by Crippen LogP contribution is -2.42. The van der Waals surface area contributed by atoms with Crippen LogP contribution in [0.3, 0.4) is 0 Å². The van der Waals surface area contributed by atoms with Gasteiger partial charge in [-0.25, -0.2) is 12.7 Å². The van der Waals surface area contributed by atoms with Crippen LogP contribution in [0.2, 0.25) is 0 Å². The lowest BCUT2D eigenvalue weighted by Gasteiger charge is -2.31. The van der Waals surface area contributed by atoms with Gasteiger partial charge in [0.25, 0.3) is 0 Å². The van der Waals surface area contributed by atoms with E-state index in [0.29, 0.717) is 38.5 Å². The molecule has 0 radical (unpaired) electrons. The third kappa shape index (κ3) is 6.35. The Labute approximate surface area is 116 Å². The number of rotatable bonds is 7. The van der Waals surface area contributed by atoms with Gasteiger partial charge in [0.05, 0.1) is 6.26 Å². The summed E-state index contributed by atoms with van der Waals surface area (Å²) in [5.41, 5.74) is 0. The average Bonchev–Trinajstić information content (AvgIpc) is 2.34. The highest BCUT2D eigenvalue weighted by molar-refractivity contribution is 7.88. The Bertz CT molecular complexity index is 384. The lowest BCUT2D eigenvalue weighted by atomic mass is 10.00. The first-order chi connectivity index (χ1) is 8.93. The minimum absolute atomic E-state index is 0.0522. The summed E-state index contributed by atoms with van der Waals surface area (Å²) in [6, 6.07) is 0. The maximum absolute atomic E-state index is 11.5. The van der Waals surface area contributed by atoms with Crippen molar-refractivity contribution in [3.05, 3.63) is 0 Å². The van der Waals surface area contributed by atoms with E-state index in [-0.39, 0.29) is 5.91 Å². The second kappa shape index (κ2) is 7.81. The summed E-state index contributed by atoms with van der Waals surface area (Å²) in [5, 5.41) is 5.98. The van der Waals surface area contributed by atoms with Gasteiger partial charge in [0.15, 0.2) is 0 Å². The second-order valence-corrected chi connectivity index (χ2v) is 7.02. The Morgan fingerprint density at radius 3 is 2.79 bits per heavy atom. The van der Waals surface area contributed by atoms with Crippen molar-refractivity contribution >= 4 is 15.9 Å². The highest BCUT2D eigenvalue weighted by Gasteiger charge is 2.25. The van der Waals surface area contributed by atoms with Crippen LogP contribution in [-0.4, -0.2) is 57.6 Å². The van der Waals surface area contributed by atoms with Crippen molar-refractivity contribution in [3.8, 4) is 0 Å². The van der Waals surface area contributed by atoms with Crippen LogP contribution >= 0.6 is 0 Å². The molecule has 2 N–H and O–H groups in total. The van der Waals surface area contributed by atoms with Crippen LogP contribution in [0.15, 0.2) is 0 Å². The van der Waals surface area contributed by atoms with Crippen LogP contribution in [0.4, 0.5) is 0 Å². The largest absolute Gasteiger partial charge is 0.356 e. The summed E-state index contributed by atoms with van der Waals surface area (Å²) in [6.45, 7) is 5.19. The van der Waals surface area contributed by atoms with Gasteiger partial charge in [0.1, 0.15) is 0 Å². The van der Waals surface area contributed by atoms with Gasteiger partial charge in [-0.05, 0) is 32.2 Å². The first-order valence-corrected chi connectivity index (χ1v) is 8.71. The van der Waals surface area contributed by atoms with Crippen molar-refractivity contribution in [1.29, 1.82) is 0 Å². The molecule has 1 amide bonds. The molecule has 1 aliphatic rings. The highest BCUT2D eigenvalue weighted by atomic mass is 32.2. The molecular formula is C12H25N3O3S. The summed E-state index contributed by atoms with van der Waals surface area (Å²) < 4.78 is 24.5. The number of carbonyl (C=O) groups is 1. The molecule has 0 saturated carbocycles. The third-order valence-electron chi connectivity index (χ3n) is 3.29. The molecule has 0 spiro atoms. The number of amides is 1. The van der Waals surface area contributed by atoms with Gasteiger partial charge in [0.2, 0.25) is 15.9 Å². The Morgan fingerprint density at radius 2 is 2.16 bits per heavy atom. The fourth-order valence-corrected chi connectivity index (χ4v) is 3.23. The number of carbonyl (C=O) groups excluding carboxylic acids is 1. The van der Waals surface area contributed by atoms with Gasteiger partial charge in [-0.15, -0.1) is 0 Å². The molecule has 112 valence electrons. The van der Waals surface area contributed by atoms with Crippen LogP contribution in [0.1, 0.15) is 26.2 Å². The summed E-state index contributed by atoms with van der Waals surface area (Å²) in [4.78, 5) is 11.2. The van der Waals surface area contributed by atoms with E-state index < -0.39 is 10.0 Å². The molecule has 6 nitrogen and oxygen atoms in total. The fourth-order valence-electron chi connectivity index (χ4n) is 2.29. The number of nitrogens with one attached hydrogen (secondary N) is 2. The van der Waals surface area contributed by atoms with Crippen molar-refractivity contribution in [2.45, 2.75) is 26.2 Å². The molecule has 0 aromatic heterocycles. The molecule has 1 unspecified atom stereocenters. The van der Waals surface area contributed by atoms with Gasteiger partial charge in [0, 0.05) is 32.6 Å². The minimum Gasteiger partial charge on any atom is -0.356 e. The first-order valence-electron chi connectivity index (χ1n) is 6.86. The molecule has 1 saturated heterocycles. The number of sulfonamides is 1. The zero-order valence-electron chi connectivity index (χ0n) is 11.8. The van der Waals surface area contributed by atoms with Crippen LogP contribution in [0.25, 0.3) is 0 Å². The van der Waals surface area contributed by atoms with Crippen molar-refractivity contribution in [2.75, 3.05) is 39.0 Å². The molecule has 1 rings (SSSR count). The summed E-state index contributed by atoms with van der Waals surface area (Å²) in [6.07, 6.45) is 3.68. The van der Waals surface area contributed by atoms with Crippen LogP contribution < -0.4 is 10.6 Å². The zero-order chi connectivity index (χ0) is 14.3. The maximum atomic E-state index is 11.5. The topological polar surface area (TPSA) is 78.5 Å². The van der Waals surface area contributed by atoms with Gasteiger partial charge in [-0.1, -0.05) is 0 Å². The van der Waals surface area contributed by atoms with Gasteiger partial charge in [-0.3, -0.25) is 4.79 Å². The van der Waals surface area contributed by atoms with E-state index in [4.69, 9.17) is 0 Å². The maximum Gasteiger partial charge on any atom is 0.221 e. The lowest BCUT2D eigenvalue weighted by molar-refractivity contribution is -0.120. The van der Waals surface area contributed by atoms with E-state index in [1.165, 1.54) is 6.26 Å². The fraction of sp³-hybridized carbons (Fsp3) is 0.917. The van der Waals surface area contributed by atoms with E-state index in [1.54, 1.807) is 4.31 Å². The van der Waals surface area contributed by atoms with E-state index in [2.05, 4.69) is 10.6 Å². The molecular weight excluding hydrogens is 266 g/mol. The first kappa shape index (κ1) is 16.4. The molecule has 1 fully saturated rings. The molecule has 0 aromatic carbocycles. The van der Waals surface area contributed by atoms with Gasteiger partial charge in [-0.2, -0.15) is 0 Å². The van der Waals surface area contributed by atoms with E-state index >= 15 is 0 Å². The Morgan fingerprint density at radius 1 is 1.42 bits per heavy atom. The standard InChI is InChI=1S/C12H25N3O3S/c1-3-14-12(16)6-7-13-9-11-5-4-8-15(10-11)19(2,17)18/h11,13H,3-10H2,1-2H3,(H,14,16). The van der Waals surface area contributed by atoms with Crippen molar-refractivity contribution in [3.63, 3.8) is 0 Å². The quantitative estimate of drug-likeness (QED) is 0.635. The number of nitrogens with zero attached hydrogens (tertiary/aromatic N) is 1. The molecule has 1 heterocycles. The predicted molar refractivity (Wildman–Crippen MR) is 75.3 cm³/mol. The van der Waals surface area contributed by atoms with E-state index in [1.807, 2.05) is 6.92 Å². The normalized spacial score (nSPS) is 21.3. The zero-order valence-corrected chi connectivity index (χ0v) is 12.6. The van der Waals surface area contributed by atoms with Crippen molar-refractivity contribution < 1.29 is 13.2 Å². The molecule has 19 heavy (non-hydrogen) atoms. The Hall–Kier alpha value is -0.660. The molecule has 0 aliphatic carbocycles. The van der Waals surface area contributed by atoms with Crippen molar-refractivity contribution in [2.24, 2.45) is 5.92 Å². The molecule has 1 atom stereocenters. The summed E-state index contributed by atoms with van der Waals surface area (Å²) in [5.74, 6) is 0.397. The Kier molecular flexibility index (Phi) is 6.74. The molecule has 0 aromatic rings. The molecule has 1 aliphatic heterocycles. The number of hydrogen-bond donors (Lipinski definition) is 2. The van der Waals surface area contributed by atoms with Crippen LogP contribution in [0, 0.1) is 5.92 Å². The molecule has 0 bridgehead atoms. The average molecular weight is 291 g/mol. The Balaban J connectivity index is 2.21. The van der Waals surface area contributed by atoms with Gasteiger partial charge < -0.3 is 10.6 Å². The monoisotopic (exact) mass is 291 g/mol.